The Kier molecular flexibility index (Phi) is 4.79. The quantitative estimate of drug-likeness (QED) is 0.316. The van der Waals surface area contributed by atoms with Gasteiger partial charge in [-0.1, -0.05) is 19.1 Å². The molecule has 0 fully saturated rings. The first-order chi connectivity index (χ1) is 10.3. The maximum atomic E-state index is 12.1. The molecule has 0 radical (unpaired) electrons. The van der Waals surface area contributed by atoms with E-state index in [1.807, 2.05) is 25.1 Å². The Morgan fingerprint density at radius 1 is 1.45 bits per heavy atom. The van der Waals surface area contributed by atoms with Crippen LogP contribution in [0.25, 0.3) is 10.1 Å². The number of hydrogen-bond donors (Lipinski definition) is 3. The molecule has 0 spiro atoms. The van der Waals surface area contributed by atoms with Crippen LogP contribution >= 0.6 is 11.3 Å². The molecule has 7 nitrogen and oxygen atoms in total. The normalized spacial score (nSPS) is 11.5. The summed E-state index contributed by atoms with van der Waals surface area (Å²) in [7, 11) is -4.15. The van der Waals surface area contributed by atoms with Gasteiger partial charge >= 0.3 is 0 Å². The van der Waals surface area contributed by atoms with E-state index in [0.717, 1.165) is 22.1 Å². The van der Waals surface area contributed by atoms with Crippen molar-refractivity contribution in [2.45, 2.75) is 13.3 Å². The van der Waals surface area contributed by atoms with Gasteiger partial charge < -0.3 is 5.73 Å². The summed E-state index contributed by atoms with van der Waals surface area (Å²) >= 11 is 1.24. The molecule has 118 valence electrons. The molecule has 0 aliphatic rings. The van der Waals surface area contributed by atoms with Gasteiger partial charge in [-0.2, -0.15) is 8.42 Å². The lowest BCUT2D eigenvalue weighted by atomic mass is 10.1. The Labute approximate surface area is 131 Å². The van der Waals surface area contributed by atoms with Crippen LogP contribution in [0.3, 0.4) is 0 Å². The Balaban J connectivity index is 2.21. The lowest BCUT2D eigenvalue weighted by Crippen LogP contribution is -2.34. The zero-order valence-corrected chi connectivity index (χ0v) is 13.4. The third-order valence-corrected chi connectivity index (χ3v) is 4.99. The highest BCUT2D eigenvalue weighted by Gasteiger charge is 2.21. The summed E-state index contributed by atoms with van der Waals surface area (Å²) in [6.07, 6.45) is 0.825. The van der Waals surface area contributed by atoms with E-state index in [4.69, 9.17) is 11.1 Å². The third-order valence-electron chi connectivity index (χ3n) is 2.89. The number of nitrogens with one attached hydrogen (secondary N) is 2. The molecule has 0 saturated heterocycles. The number of thiophene rings is 1. The SMILES string of the molecule is CCc1cccc2sc(C(=O)CS(=O)(=O)ONC(=N)N)cc12. The minimum atomic E-state index is -4.15. The number of hydrogen-bond acceptors (Lipinski definition) is 6. The first-order valence-electron chi connectivity index (χ1n) is 6.38. The van der Waals surface area contributed by atoms with Gasteiger partial charge in [0.25, 0.3) is 10.1 Å². The molecule has 22 heavy (non-hydrogen) atoms. The van der Waals surface area contributed by atoms with E-state index in [9.17, 15) is 13.2 Å². The summed E-state index contributed by atoms with van der Waals surface area (Å²) in [5.41, 5.74) is 7.74. The van der Waals surface area contributed by atoms with Crippen molar-refractivity contribution in [2.24, 2.45) is 5.73 Å². The van der Waals surface area contributed by atoms with Gasteiger partial charge in [-0.25, -0.2) is 5.48 Å². The molecule has 0 bridgehead atoms. The number of carbonyl (C=O) groups is 1. The first kappa shape index (κ1) is 16.4. The Morgan fingerprint density at radius 3 is 2.82 bits per heavy atom. The first-order valence-corrected chi connectivity index (χ1v) is 8.77. The number of benzene rings is 1. The molecule has 0 atom stereocenters. The summed E-state index contributed by atoms with van der Waals surface area (Å²) in [5.74, 6) is -2.04. The van der Waals surface area contributed by atoms with Gasteiger partial charge in [-0.3, -0.25) is 10.2 Å². The van der Waals surface area contributed by atoms with Crippen LogP contribution in [0.5, 0.6) is 0 Å². The fourth-order valence-electron chi connectivity index (χ4n) is 1.94. The molecule has 0 saturated carbocycles. The zero-order valence-electron chi connectivity index (χ0n) is 11.8. The van der Waals surface area contributed by atoms with Gasteiger partial charge in [0.15, 0.2) is 5.78 Å². The smallest absolute Gasteiger partial charge is 0.295 e. The van der Waals surface area contributed by atoms with Crippen molar-refractivity contribution in [1.29, 1.82) is 5.41 Å². The molecule has 4 N–H and O–H groups in total. The van der Waals surface area contributed by atoms with E-state index in [1.54, 1.807) is 11.5 Å². The minimum Gasteiger partial charge on any atom is -0.368 e. The number of aryl methyl sites for hydroxylation is 1. The average Bonchev–Trinajstić information content (AvgIpc) is 2.89. The molecule has 0 aliphatic heterocycles. The topological polar surface area (TPSA) is 122 Å². The van der Waals surface area contributed by atoms with Crippen molar-refractivity contribution in [3.05, 3.63) is 34.7 Å². The van der Waals surface area contributed by atoms with E-state index >= 15 is 0 Å². The van der Waals surface area contributed by atoms with E-state index in [-0.39, 0.29) is 0 Å². The summed E-state index contributed by atoms with van der Waals surface area (Å²) in [4.78, 5) is 12.5. The van der Waals surface area contributed by atoms with E-state index in [1.165, 1.54) is 11.3 Å². The number of fused-ring (bicyclic) bond motifs is 1. The maximum absolute atomic E-state index is 12.1. The second-order valence-electron chi connectivity index (χ2n) is 4.52. The van der Waals surface area contributed by atoms with Crippen LogP contribution in [0.15, 0.2) is 24.3 Å². The van der Waals surface area contributed by atoms with Crippen LogP contribution in [0.4, 0.5) is 0 Å². The molecule has 0 amide bonds. The highest BCUT2D eigenvalue weighted by molar-refractivity contribution is 7.87. The zero-order chi connectivity index (χ0) is 16.3. The predicted octanol–water partition coefficient (Wildman–Crippen LogP) is 1.39. The molecule has 2 rings (SSSR count). The average molecular weight is 341 g/mol. The Hall–Kier alpha value is -1.97. The molecule has 9 heteroatoms. The van der Waals surface area contributed by atoms with Crippen molar-refractivity contribution in [3.8, 4) is 0 Å². The molecule has 1 heterocycles. The van der Waals surface area contributed by atoms with Gasteiger partial charge in [-0.15, -0.1) is 15.6 Å². The van der Waals surface area contributed by atoms with Crippen molar-refractivity contribution in [2.75, 3.05) is 5.75 Å². The standard InChI is InChI=1S/C13H15N3O4S2/c1-2-8-4-3-5-11-9(8)6-12(21-11)10(17)7-22(18,19)20-16-13(14)15/h3-6H,2,7H2,1H3,(H4,14,15,16). The third kappa shape index (κ3) is 3.81. The lowest BCUT2D eigenvalue weighted by molar-refractivity contribution is 0.102. The molecule has 1 aromatic heterocycles. The summed E-state index contributed by atoms with van der Waals surface area (Å²) < 4.78 is 28.4. The highest BCUT2D eigenvalue weighted by Crippen LogP contribution is 2.29. The fraction of sp³-hybridized carbons (Fsp3) is 0.231. The summed E-state index contributed by atoms with van der Waals surface area (Å²) in [6, 6.07) is 7.47. The van der Waals surface area contributed by atoms with Crippen LogP contribution in [0.2, 0.25) is 0 Å². The van der Waals surface area contributed by atoms with Gasteiger partial charge in [-0.05, 0) is 29.5 Å². The Morgan fingerprint density at radius 2 is 2.18 bits per heavy atom. The van der Waals surface area contributed by atoms with E-state index in [2.05, 4.69) is 4.28 Å². The fourth-order valence-corrected chi connectivity index (χ4v) is 3.83. The number of carbonyl (C=O) groups excluding carboxylic acids is 1. The van der Waals surface area contributed by atoms with E-state index < -0.39 is 27.6 Å². The number of hydroxylamine groups is 1. The van der Waals surface area contributed by atoms with Crippen molar-refractivity contribution < 1.29 is 17.5 Å². The largest absolute Gasteiger partial charge is 0.368 e. The number of guanidine groups is 1. The van der Waals surface area contributed by atoms with Crippen LogP contribution in [0.1, 0.15) is 22.2 Å². The number of Topliss-reactive ketones (excluding diaryl/α,β-unsaturated/α-hetero) is 1. The van der Waals surface area contributed by atoms with Crippen molar-refractivity contribution >= 4 is 43.3 Å². The van der Waals surface area contributed by atoms with E-state index in [0.29, 0.717) is 4.88 Å². The van der Waals surface area contributed by atoms with Gasteiger partial charge in [0.05, 0.1) is 4.88 Å². The van der Waals surface area contributed by atoms with Gasteiger partial charge in [0.2, 0.25) is 5.96 Å². The van der Waals surface area contributed by atoms with Crippen LogP contribution < -0.4 is 11.2 Å². The predicted molar refractivity (Wildman–Crippen MR) is 85.5 cm³/mol. The second kappa shape index (κ2) is 6.42. The molecule has 2 aromatic rings. The minimum absolute atomic E-state index is 0.353. The second-order valence-corrected chi connectivity index (χ2v) is 7.17. The van der Waals surface area contributed by atoms with Crippen LogP contribution in [0, 0.1) is 5.41 Å². The van der Waals surface area contributed by atoms with Crippen molar-refractivity contribution in [1.82, 2.24) is 5.48 Å². The van der Waals surface area contributed by atoms with Crippen molar-refractivity contribution in [3.63, 3.8) is 0 Å². The summed E-state index contributed by atoms with van der Waals surface area (Å²) in [5, 5.41) is 7.79. The van der Waals surface area contributed by atoms with Crippen LogP contribution in [-0.4, -0.2) is 25.9 Å². The number of ketones is 1. The lowest BCUT2D eigenvalue weighted by Gasteiger charge is -2.04. The maximum Gasteiger partial charge on any atom is 0.295 e. The molecular weight excluding hydrogens is 326 g/mol. The van der Waals surface area contributed by atoms with Gasteiger partial charge in [0, 0.05) is 4.70 Å². The monoisotopic (exact) mass is 341 g/mol. The Bertz CT molecular complexity index is 827. The molecule has 0 unspecified atom stereocenters. The van der Waals surface area contributed by atoms with Gasteiger partial charge in [0.1, 0.15) is 5.75 Å². The molecule has 1 aromatic carbocycles. The number of rotatable bonds is 6. The molecule has 0 aliphatic carbocycles. The summed E-state index contributed by atoms with van der Waals surface area (Å²) in [6.45, 7) is 2.01. The highest BCUT2D eigenvalue weighted by atomic mass is 32.2. The number of nitrogens with two attached hydrogens (primary N) is 1. The van der Waals surface area contributed by atoms with Crippen LogP contribution in [-0.2, 0) is 20.8 Å². The molecular formula is C13H15N3O4S2.